The van der Waals surface area contributed by atoms with E-state index in [1.807, 2.05) is 30.3 Å². The summed E-state index contributed by atoms with van der Waals surface area (Å²) in [4.78, 5) is 63.2. The zero-order valence-electron chi connectivity index (χ0n) is 22.8. The van der Waals surface area contributed by atoms with Gasteiger partial charge in [0.25, 0.3) is 5.91 Å². The first-order valence-electron chi connectivity index (χ1n) is 13.1. The zero-order chi connectivity index (χ0) is 29.2. The van der Waals surface area contributed by atoms with Crippen LogP contribution in [0.1, 0.15) is 49.0 Å². The number of likely N-dealkylation sites (tertiary alicyclic amines) is 1. The number of hydrogen-bond acceptors (Lipinski definition) is 7. The molecule has 3 amide bonds. The Bertz CT molecular complexity index is 1220. The van der Waals surface area contributed by atoms with E-state index in [-0.39, 0.29) is 18.1 Å². The summed E-state index contributed by atoms with van der Waals surface area (Å²) in [6.07, 6.45) is 0.708. The van der Waals surface area contributed by atoms with Crippen molar-refractivity contribution in [3.8, 4) is 11.5 Å². The Balaban J connectivity index is 1.72. The van der Waals surface area contributed by atoms with E-state index in [0.717, 1.165) is 5.56 Å². The first kappa shape index (κ1) is 30.1. The Hall–Kier alpha value is -4.41. The number of ether oxygens (including phenoxy) is 2. The number of amides is 3. The molecule has 3 atom stereocenters. The van der Waals surface area contributed by atoms with Crippen molar-refractivity contribution < 1.29 is 38.6 Å². The lowest BCUT2D eigenvalue weighted by Crippen LogP contribution is -2.56. The molecule has 11 nitrogen and oxygen atoms in total. The number of carbonyl (C=O) groups is 5. The van der Waals surface area contributed by atoms with Crippen LogP contribution in [0.4, 0.5) is 0 Å². The molecule has 2 unspecified atom stereocenters. The van der Waals surface area contributed by atoms with Crippen LogP contribution in [0.25, 0.3) is 0 Å². The average Bonchev–Trinajstić information content (AvgIpc) is 3.44. The second-order valence-electron chi connectivity index (χ2n) is 9.87. The van der Waals surface area contributed by atoms with Crippen molar-refractivity contribution in [3.63, 3.8) is 0 Å². The molecule has 0 spiro atoms. The lowest BCUT2D eigenvalue weighted by Gasteiger charge is -2.31. The van der Waals surface area contributed by atoms with Gasteiger partial charge in [-0.15, -0.1) is 0 Å². The Kier molecular flexibility index (Phi) is 10.6. The Labute approximate surface area is 232 Å². The van der Waals surface area contributed by atoms with E-state index in [0.29, 0.717) is 37.2 Å². The largest absolute Gasteiger partial charge is 0.493 e. The first-order chi connectivity index (χ1) is 19.1. The van der Waals surface area contributed by atoms with E-state index in [2.05, 4.69) is 10.6 Å². The van der Waals surface area contributed by atoms with Gasteiger partial charge in [0.1, 0.15) is 25.0 Å². The van der Waals surface area contributed by atoms with Crippen LogP contribution in [0.3, 0.4) is 0 Å². The minimum atomic E-state index is -1.23. The van der Waals surface area contributed by atoms with Crippen molar-refractivity contribution in [1.82, 2.24) is 15.5 Å². The highest BCUT2D eigenvalue weighted by molar-refractivity contribution is 5.99. The van der Waals surface area contributed by atoms with E-state index >= 15 is 0 Å². The van der Waals surface area contributed by atoms with Crippen molar-refractivity contribution in [2.75, 3.05) is 13.7 Å². The molecular weight excluding hydrogens is 518 g/mol. The van der Waals surface area contributed by atoms with Crippen LogP contribution in [0, 0.1) is 5.92 Å². The Morgan fingerprint density at radius 1 is 1.07 bits per heavy atom. The smallest absolute Gasteiger partial charge is 0.305 e. The van der Waals surface area contributed by atoms with Crippen LogP contribution >= 0.6 is 0 Å². The normalized spacial score (nSPS) is 16.1. The molecular formula is C29H35N3O8. The minimum Gasteiger partial charge on any atom is -0.493 e. The van der Waals surface area contributed by atoms with Crippen molar-refractivity contribution in [2.24, 2.45) is 5.92 Å². The molecule has 40 heavy (non-hydrogen) atoms. The summed E-state index contributed by atoms with van der Waals surface area (Å²) < 4.78 is 11.3. The van der Waals surface area contributed by atoms with Crippen LogP contribution in [0.5, 0.6) is 11.5 Å². The molecule has 1 saturated heterocycles. The van der Waals surface area contributed by atoms with Crippen molar-refractivity contribution in [2.45, 2.75) is 57.8 Å². The quantitative estimate of drug-likeness (QED) is 0.319. The zero-order valence-corrected chi connectivity index (χ0v) is 22.8. The van der Waals surface area contributed by atoms with Gasteiger partial charge >= 0.3 is 5.97 Å². The van der Waals surface area contributed by atoms with Gasteiger partial charge in [-0.3, -0.25) is 19.2 Å². The van der Waals surface area contributed by atoms with Crippen LogP contribution in [-0.4, -0.2) is 71.8 Å². The minimum absolute atomic E-state index is 0.264. The number of benzene rings is 2. The van der Waals surface area contributed by atoms with Gasteiger partial charge < -0.3 is 34.9 Å². The van der Waals surface area contributed by atoms with Crippen LogP contribution in [0.15, 0.2) is 48.5 Å². The van der Waals surface area contributed by atoms with Gasteiger partial charge in [0.05, 0.1) is 19.6 Å². The third-order valence-electron chi connectivity index (χ3n) is 6.61. The van der Waals surface area contributed by atoms with Crippen LogP contribution in [0.2, 0.25) is 0 Å². The summed E-state index contributed by atoms with van der Waals surface area (Å²) in [6, 6.07) is 11.3. The molecule has 3 N–H and O–H groups in total. The molecule has 0 saturated carbocycles. The SMILES string of the molecule is COc1ccc(C(=O)NC(C(=O)N2CCCC2C(=O)N[C@H](C=O)CC(=O)O)C(C)C)cc1OCc1ccccc1. The third-order valence-corrected chi connectivity index (χ3v) is 6.61. The Morgan fingerprint density at radius 2 is 1.80 bits per heavy atom. The summed E-state index contributed by atoms with van der Waals surface area (Å²) in [5.41, 5.74) is 1.21. The standard InChI is InChI=1S/C29H35N3O8/c1-18(2)26(29(38)32-13-7-10-22(32)28(37)30-21(16-33)15-25(34)35)31-27(36)20-11-12-23(39-3)24(14-20)40-17-19-8-5-4-6-9-19/h4-6,8-9,11-12,14,16,18,21-22,26H,7,10,13,15,17H2,1-3H3,(H,30,37)(H,31,36)(H,34,35)/t21-,22?,26?/m0/s1. The maximum Gasteiger partial charge on any atom is 0.305 e. The molecule has 11 heteroatoms. The number of aliphatic carboxylic acids is 1. The number of hydrogen-bond donors (Lipinski definition) is 3. The molecule has 0 bridgehead atoms. The molecule has 1 heterocycles. The molecule has 0 radical (unpaired) electrons. The number of nitrogens with zero attached hydrogens (tertiary/aromatic N) is 1. The van der Waals surface area contributed by atoms with E-state index in [4.69, 9.17) is 14.6 Å². The molecule has 1 fully saturated rings. The fourth-order valence-electron chi connectivity index (χ4n) is 4.49. The van der Waals surface area contributed by atoms with Gasteiger partial charge in [0.2, 0.25) is 11.8 Å². The maximum absolute atomic E-state index is 13.6. The molecule has 2 aromatic rings. The summed E-state index contributed by atoms with van der Waals surface area (Å²) in [5.74, 6) is -2.25. The van der Waals surface area contributed by atoms with Crippen molar-refractivity contribution >= 4 is 30.0 Å². The molecule has 2 aromatic carbocycles. The Morgan fingerprint density at radius 3 is 2.42 bits per heavy atom. The molecule has 1 aliphatic heterocycles. The van der Waals surface area contributed by atoms with E-state index < -0.39 is 48.2 Å². The lowest BCUT2D eigenvalue weighted by atomic mass is 10.0. The van der Waals surface area contributed by atoms with Gasteiger partial charge in [-0.05, 0) is 42.5 Å². The molecule has 1 aliphatic rings. The number of rotatable bonds is 13. The highest BCUT2D eigenvalue weighted by Crippen LogP contribution is 2.29. The number of nitrogens with one attached hydrogen (secondary N) is 2. The van der Waals surface area contributed by atoms with Gasteiger partial charge in [-0.25, -0.2) is 0 Å². The van der Waals surface area contributed by atoms with E-state index in [1.54, 1.807) is 32.0 Å². The fourth-order valence-corrected chi connectivity index (χ4v) is 4.49. The highest BCUT2D eigenvalue weighted by Gasteiger charge is 2.39. The number of carbonyl (C=O) groups excluding carboxylic acids is 4. The average molecular weight is 554 g/mol. The number of aldehydes is 1. The van der Waals surface area contributed by atoms with E-state index in [9.17, 15) is 24.0 Å². The highest BCUT2D eigenvalue weighted by atomic mass is 16.5. The monoisotopic (exact) mass is 553 g/mol. The second kappa shape index (κ2) is 14.1. The molecule has 3 rings (SSSR count). The fraction of sp³-hybridized carbons (Fsp3) is 0.414. The lowest BCUT2D eigenvalue weighted by molar-refractivity contribution is -0.142. The van der Waals surface area contributed by atoms with Gasteiger partial charge in [-0.1, -0.05) is 44.2 Å². The summed E-state index contributed by atoms with van der Waals surface area (Å²) in [7, 11) is 1.50. The topological polar surface area (TPSA) is 151 Å². The summed E-state index contributed by atoms with van der Waals surface area (Å²) in [6.45, 7) is 4.13. The van der Waals surface area contributed by atoms with Crippen LogP contribution in [-0.2, 0) is 25.8 Å². The first-order valence-corrected chi connectivity index (χ1v) is 13.1. The van der Waals surface area contributed by atoms with E-state index in [1.165, 1.54) is 12.0 Å². The number of methoxy groups -OCH3 is 1. The molecule has 0 aromatic heterocycles. The van der Waals surface area contributed by atoms with Crippen molar-refractivity contribution in [3.05, 3.63) is 59.7 Å². The van der Waals surface area contributed by atoms with Gasteiger partial charge in [0.15, 0.2) is 11.5 Å². The second-order valence-corrected chi connectivity index (χ2v) is 9.87. The van der Waals surface area contributed by atoms with Gasteiger partial charge in [0, 0.05) is 12.1 Å². The summed E-state index contributed by atoms with van der Waals surface area (Å²) >= 11 is 0. The van der Waals surface area contributed by atoms with Crippen molar-refractivity contribution in [1.29, 1.82) is 0 Å². The number of carboxylic acids is 1. The third kappa shape index (κ3) is 7.81. The summed E-state index contributed by atoms with van der Waals surface area (Å²) in [5, 5.41) is 14.1. The molecule has 0 aliphatic carbocycles. The maximum atomic E-state index is 13.6. The number of carboxylic acid groups (broad SMARTS) is 1. The predicted molar refractivity (Wildman–Crippen MR) is 145 cm³/mol. The van der Waals surface area contributed by atoms with Gasteiger partial charge in [-0.2, -0.15) is 0 Å². The predicted octanol–water partition coefficient (Wildman–Crippen LogP) is 2.18. The van der Waals surface area contributed by atoms with Crippen LogP contribution < -0.4 is 20.1 Å². The molecule has 214 valence electrons.